The fraction of sp³-hybridized carbons (Fsp3) is 0.742. The molecular formula is C31H46FN3O3. The number of amides is 2. The van der Waals surface area contributed by atoms with Crippen molar-refractivity contribution >= 4 is 12.0 Å². The number of likely N-dealkylation sites (tertiary alicyclic amines) is 2. The van der Waals surface area contributed by atoms with Gasteiger partial charge >= 0.3 is 6.09 Å². The number of likely N-dealkylation sites (N-methyl/N-ethyl adjacent to an activating group) is 1. The van der Waals surface area contributed by atoms with Gasteiger partial charge in [-0.25, -0.2) is 9.18 Å². The van der Waals surface area contributed by atoms with E-state index in [0.29, 0.717) is 12.5 Å². The van der Waals surface area contributed by atoms with Crippen LogP contribution < -0.4 is 0 Å². The average Bonchev–Trinajstić information content (AvgIpc) is 3.20. The second-order valence-electron chi connectivity index (χ2n) is 12.9. The van der Waals surface area contributed by atoms with Crippen LogP contribution >= 0.6 is 0 Å². The van der Waals surface area contributed by atoms with Gasteiger partial charge in [0.25, 0.3) is 0 Å². The topological polar surface area (TPSA) is 53.1 Å². The number of ether oxygens (including phenoxy) is 1. The standard InChI is InChI=1S/C31H46FN3O3/c1-4-33-17-14-26(27(20-33)23-10-12-25(32)13-11-23)28(36)34-18-15-31(16-19-34,24-8-6-5-7-9-24)21-35-29(37)38-22-30(35,2)3/h10-13,24,26-27H,4-9,14-22H2,1-3H3/t26-,27+/m1/s1. The van der Waals surface area contributed by atoms with Crippen LogP contribution in [0.25, 0.3) is 0 Å². The summed E-state index contributed by atoms with van der Waals surface area (Å²) in [5, 5.41) is 0. The van der Waals surface area contributed by atoms with E-state index in [1.165, 1.54) is 44.2 Å². The summed E-state index contributed by atoms with van der Waals surface area (Å²) in [5.74, 6) is 0.630. The van der Waals surface area contributed by atoms with Crippen LogP contribution in [-0.2, 0) is 9.53 Å². The van der Waals surface area contributed by atoms with Crippen LogP contribution in [0.3, 0.4) is 0 Å². The summed E-state index contributed by atoms with van der Waals surface area (Å²) in [7, 11) is 0. The zero-order chi connectivity index (χ0) is 26.9. The van der Waals surface area contributed by atoms with Gasteiger partial charge in [-0.1, -0.05) is 38.3 Å². The first kappa shape index (κ1) is 27.4. The lowest BCUT2D eigenvalue weighted by molar-refractivity contribution is -0.141. The molecule has 2 atom stereocenters. The number of cyclic esters (lactones) is 1. The van der Waals surface area contributed by atoms with Crippen LogP contribution in [0.15, 0.2) is 24.3 Å². The molecule has 3 heterocycles. The Balaban J connectivity index is 1.32. The Bertz CT molecular complexity index is 983. The Hall–Kier alpha value is -2.15. The second kappa shape index (κ2) is 11.1. The molecule has 3 aliphatic heterocycles. The molecule has 0 bridgehead atoms. The van der Waals surface area contributed by atoms with Crippen molar-refractivity contribution in [3.8, 4) is 0 Å². The van der Waals surface area contributed by atoms with E-state index in [1.807, 2.05) is 17.0 Å². The van der Waals surface area contributed by atoms with Crippen LogP contribution in [0.2, 0.25) is 0 Å². The summed E-state index contributed by atoms with van der Waals surface area (Å²) in [5.41, 5.74) is 0.812. The van der Waals surface area contributed by atoms with E-state index in [-0.39, 0.29) is 40.6 Å². The van der Waals surface area contributed by atoms with Gasteiger partial charge in [0, 0.05) is 38.0 Å². The molecule has 1 aliphatic carbocycles. The van der Waals surface area contributed by atoms with E-state index in [9.17, 15) is 14.0 Å². The van der Waals surface area contributed by atoms with E-state index >= 15 is 0 Å². The van der Waals surface area contributed by atoms with Crippen molar-refractivity contribution in [2.24, 2.45) is 17.3 Å². The minimum Gasteiger partial charge on any atom is -0.447 e. The molecule has 210 valence electrons. The zero-order valence-electron chi connectivity index (χ0n) is 23.6. The number of piperidine rings is 2. The molecule has 1 aromatic carbocycles. The van der Waals surface area contributed by atoms with Crippen molar-refractivity contribution in [1.82, 2.24) is 14.7 Å². The van der Waals surface area contributed by atoms with Crippen LogP contribution in [0.5, 0.6) is 0 Å². The quantitative estimate of drug-likeness (QED) is 0.478. The molecule has 5 rings (SSSR count). The molecule has 6 nitrogen and oxygen atoms in total. The Morgan fingerprint density at radius 3 is 2.32 bits per heavy atom. The molecule has 7 heteroatoms. The lowest BCUT2D eigenvalue weighted by Gasteiger charge is -2.51. The van der Waals surface area contributed by atoms with Crippen molar-refractivity contribution in [3.05, 3.63) is 35.6 Å². The average molecular weight is 528 g/mol. The van der Waals surface area contributed by atoms with E-state index in [2.05, 4.69) is 30.6 Å². The number of benzene rings is 1. The number of nitrogens with zero attached hydrogens (tertiary/aromatic N) is 3. The summed E-state index contributed by atoms with van der Waals surface area (Å²) in [6.07, 6.45) is 8.81. The Morgan fingerprint density at radius 1 is 1.03 bits per heavy atom. The first-order chi connectivity index (χ1) is 18.2. The van der Waals surface area contributed by atoms with E-state index in [4.69, 9.17) is 4.74 Å². The highest BCUT2D eigenvalue weighted by Gasteiger charge is 2.50. The molecule has 3 saturated heterocycles. The summed E-state index contributed by atoms with van der Waals surface area (Å²) >= 11 is 0. The Kier molecular flexibility index (Phi) is 8.04. The van der Waals surface area contributed by atoms with E-state index in [1.54, 1.807) is 0 Å². The van der Waals surface area contributed by atoms with Crippen LogP contribution in [0.1, 0.15) is 83.6 Å². The van der Waals surface area contributed by atoms with Crippen LogP contribution in [-0.4, -0.2) is 78.1 Å². The monoisotopic (exact) mass is 527 g/mol. The predicted molar refractivity (Wildman–Crippen MR) is 146 cm³/mol. The van der Waals surface area contributed by atoms with Gasteiger partial charge in [-0.05, 0) is 88.1 Å². The van der Waals surface area contributed by atoms with Crippen molar-refractivity contribution in [2.45, 2.75) is 83.6 Å². The third-order valence-electron chi connectivity index (χ3n) is 10.3. The largest absolute Gasteiger partial charge is 0.447 e. The van der Waals surface area contributed by atoms with Crippen LogP contribution in [0, 0.1) is 23.1 Å². The molecular weight excluding hydrogens is 481 g/mol. The highest BCUT2D eigenvalue weighted by atomic mass is 19.1. The van der Waals surface area contributed by atoms with Gasteiger partial charge in [0.1, 0.15) is 12.4 Å². The van der Waals surface area contributed by atoms with Crippen LogP contribution in [0.4, 0.5) is 9.18 Å². The smallest absolute Gasteiger partial charge is 0.410 e. The van der Waals surface area contributed by atoms with Gasteiger partial charge in [0.2, 0.25) is 5.91 Å². The predicted octanol–water partition coefficient (Wildman–Crippen LogP) is 5.67. The fourth-order valence-corrected chi connectivity index (χ4v) is 7.70. The molecule has 2 amide bonds. The molecule has 0 radical (unpaired) electrons. The van der Waals surface area contributed by atoms with Gasteiger partial charge in [-0.15, -0.1) is 0 Å². The molecule has 0 spiro atoms. The molecule has 4 fully saturated rings. The third-order valence-corrected chi connectivity index (χ3v) is 10.3. The normalized spacial score (nSPS) is 28.4. The number of carbonyl (C=O) groups excluding carboxylic acids is 2. The summed E-state index contributed by atoms with van der Waals surface area (Å²) in [6.45, 7) is 11.8. The molecule has 0 unspecified atom stereocenters. The lowest BCUT2D eigenvalue weighted by Crippen LogP contribution is -2.56. The minimum absolute atomic E-state index is 0.0414. The molecule has 1 aromatic rings. The highest BCUT2D eigenvalue weighted by molar-refractivity contribution is 5.80. The molecule has 38 heavy (non-hydrogen) atoms. The van der Waals surface area contributed by atoms with Gasteiger partial charge < -0.3 is 14.5 Å². The maximum Gasteiger partial charge on any atom is 0.410 e. The van der Waals surface area contributed by atoms with Gasteiger partial charge in [-0.3, -0.25) is 9.69 Å². The lowest BCUT2D eigenvalue weighted by atomic mass is 9.63. The molecule has 0 N–H and O–H groups in total. The number of carbonyl (C=O) groups is 2. The minimum atomic E-state index is -0.290. The molecule has 1 saturated carbocycles. The third kappa shape index (κ3) is 5.45. The van der Waals surface area contributed by atoms with Gasteiger partial charge in [-0.2, -0.15) is 0 Å². The van der Waals surface area contributed by atoms with Crippen molar-refractivity contribution in [2.75, 3.05) is 45.9 Å². The fourth-order valence-electron chi connectivity index (χ4n) is 7.70. The maximum atomic E-state index is 14.0. The van der Waals surface area contributed by atoms with Crippen molar-refractivity contribution in [1.29, 1.82) is 0 Å². The van der Waals surface area contributed by atoms with Gasteiger partial charge in [0.15, 0.2) is 0 Å². The highest BCUT2D eigenvalue weighted by Crippen LogP contribution is 2.48. The summed E-state index contributed by atoms with van der Waals surface area (Å²) < 4.78 is 19.1. The van der Waals surface area contributed by atoms with Gasteiger partial charge in [0.05, 0.1) is 5.54 Å². The molecule has 0 aromatic heterocycles. The number of halogens is 1. The zero-order valence-corrected chi connectivity index (χ0v) is 23.6. The Labute approximate surface area is 227 Å². The van der Waals surface area contributed by atoms with E-state index in [0.717, 1.165) is 64.1 Å². The Morgan fingerprint density at radius 2 is 1.71 bits per heavy atom. The van der Waals surface area contributed by atoms with Crippen molar-refractivity contribution < 1.29 is 18.7 Å². The number of hydrogen-bond acceptors (Lipinski definition) is 4. The summed E-state index contributed by atoms with van der Waals surface area (Å²) in [4.78, 5) is 33.2. The first-order valence-corrected chi connectivity index (χ1v) is 14.9. The molecule has 4 aliphatic rings. The maximum absolute atomic E-state index is 14.0. The number of rotatable bonds is 6. The summed E-state index contributed by atoms with van der Waals surface area (Å²) in [6, 6.07) is 6.76. The first-order valence-electron chi connectivity index (χ1n) is 14.9. The van der Waals surface area contributed by atoms with Crippen molar-refractivity contribution in [3.63, 3.8) is 0 Å². The SMILES string of the molecule is CCN1CC[C@@H](C(=O)N2CCC(CN3C(=O)OCC3(C)C)(C3CCCCC3)CC2)[C@H](c2ccc(F)cc2)C1. The van der Waals surface area contributed by atoms with E-state index < -0.39 is 0 Å². The number of hydrogen-bond donors (Lipinski definition) is 0. The second-order valence-corrected chi connectivity index (χ2v) is 12.9.